The van der Waals surface area contributed by atoms with Crippen LogP contribution in [0.4, 0.5) is 5.69 Å². The van der Waals surface area contributed by atoms with Crippen LogP contribution in [0.15, 0.2) is 34.9 Å². The third-order valence-electron chi connectivity index (χ3n) is 1.76. The predicted octanol–water partition coefficient (Wildman–Crippen LogP) is 3.27. The van der Waals surface area contributed by atoms with Crippen LogP contribution in [0.5, 0.6) is 11.6 Å². The zero-order valence-corrected chi connectivity index (χ0v) is 10.4. The molecule has 2 aromatic rings. The number of nitrogens with two attached hydrogens (primary N) is 1. The molecule has 0 unspecified atom stereocenters. The lowest BCUT2D eigenvalue weighted by molar-refractivity contribution is 0.458. The van der Waals surface area contributed by atoms with Gasteiger partial charge in [-0.15, -0.1) is 0 Å². The molecule has 0 saturated heterocycles. The molecule has 0 fully saturated rings. The molecule has 0 aliphatic heterocycles. The molecule has 0 radical (unpaired) electrons. The summed E-state index contributed by atoms with van der Waals surface area (Å²) < 4.78 is 6.13. The second kappa shape index (κ2) is 4.67. The predicted molar refractivity (Wildman–Crippen MR) is 65.7 cm³/mol. The highest BCUT2D eigenvalue weighted by atomic mass is 79.9. The average Bonchev–Trinajstić information content (AvgIpc) is 2.24. The number of hydrogen-bond donors (Lipinski definition) is 1. The summed E-state index contributed by atoms with van der Waals surface area (Å²) in [6, 6.07) is 7.04. The second-order valence-corrected chi connectivity index (χ2v) is 4.16. The smallest absolute Gasteiger partial charge is 0.237 e. The van der Waals surface area contributed by atoms with E-state index in [1.54, 1.807) is 24.3 Å². The first-order valence-electron chi connectivity index (χ1n) is 4.36. The van der Waals surface area contributed by atoms with Crippen LogP contribution in [0.1, 0.15) is 0 Å². The van der Waals surface area contributed by atoms with Gasteiger partial charge in [-0.05, 0) is 39.7 Å². The molecule has 0 bridgehead atoms. The van der Waals surface area contributed by atoms with Gasteiger partial charge in [0.05, 0.1) is 4.47 Å². The molecule has 6 heteroatoms. The van der Waals surface area contributed by atoms with Crippen LogP contribution in [0.2, 0.25) is 5.28 Å². The van der Waals surface area contributed by atoms with E-state index < -0.39 is 0 Å². The Kier molecular flexibility index (Phi) is 3.26. The quantitative estimate of drug-likeness (QED) is 0.683. The third kappa shape index (κ3) is 2.62. The molecule has 4 nitrogen and oxygen atoms in total. The number of nitrogens with zero attached hydrogens (tertiary/aromatic N) is 2. The molecule has 0 amide bonds. The zero-order valence-electron chi connectivity index (χ0n) is 8.02. The summed E-state index contributed by atoms with van der Waals surface area (Å²) >= 11 is 8.93. The Morgan fingerprint density at radius 3 is 2.94 bits per heavy atom. The van der Waals surface area contributed by atoms with Crippen molar-refractivity contribution in [2.75, 3.05) is 5.73 Å². The van der Waals surface area contributed by atoms with Crippen molar-refractivity contribution in [3.05, 3.63) is 40.2 Å². The number of halogens is 2. The van der Waals surface area contributed by atoms with Crippen molar-refractivity contribution < 1.29 is 4.74 Å². The highest BCUT2D eigenvalue weighted by Gasteiger charge is 2.06. The largest absolute Gasteiger partial charge is 0.438 e. The molecule has 1 heterocycles. The Balaban J connectivity index is 2.30. The van der Waals surface area contributed by atoms with E-state index >= 15 is 0 Å². The fourth-order valence-corrected chi connectivity index (χ4v) is 1.49. The number of benzene rings is 1. The van der Waals surface area contributed by atoms with Crippen LogP contribution in [-0.2, 0) is 0 Å². The molecule has 16 heavy (non-hydrogen) atoms. The van der Waals surface area contributed by atoms with Crippen molar-refractivity contribution in [1.82, 2.24) is 9.97 Å². The summed E-state index contributed by atoms with van der Waals surface area (Å²) in [5.41, 5.74) is 6.25. The SMILES string of the molecule is Nc1cccc(Oc2nc(Cl)ncc2Br)c1. The summed E-state index contributed by atoms with van der Waals surface area (Å²) in [5.74, 6) is 0.945. The minimum absolute atomic E-state index is 0.127. The van der Waals surface area contributed by atoms with Crippen molar-refractivity contribution >= 4 is 33.2 Å². The summed E-state index contributed by atoms with van der Waals surface area (Å²) in [7, 11) is 0. The van der Waals surface area contributed by atoms with Crippen LogP contribution >= 0.6 is 27.5 Å². The second-order valence-electron chi connectivity index (χ2n) is 2.97. The van der Waals surface area contributed by atoms with Gasteiger partial charge in [0.1, 0.15) is 5.75 Å². The van der Waals surface area contributed by atoms with E-state index in [4.69, 9.17) is 22.1 Å². The van der Waals surface area contributed by atoms with Gasteiger partial charge in [0.25, 0.3) is 0 Å². The van der Waals surface area contributed by atoms with Gasteiger partial charge in [-0.2, -0.15) is 4.98 Å². The lowest BCUT2D eigenvalue weighted by atomic mass is 10.3. The van der Waals surface area contributed by atoms with E-state index in [-0.39, 0.29) is 5.28 Å². The van der Waals surface area contributed by atoms with Crippen LogP contribution in [0.3, 0.4) is 0 Å². The Hall–Kier alpha value is -1.33. The van der Waals surface area contributed by atoms with Gasteiger partial charge in [0.2, 0.25) is 11.2 Å². The van der Waals surface area contributed by atoms with Gasteiger partial charge in [-0.1, -0.05) is 6.07 Å². The fraction of sp³-hybridized carbons (Fsp3) is 0. The highest BCUT2D eigenvalue weighted by Crippen LogP contribution is 2.28. The van der Waals surface area contributed by atoms with Crippen molar-refractivity contribution in [2.24, 2.45) is 0 Å². The van der Waals surface area contributed by atoms with Gasteiger partial charge in [0.15, 0.2) is 0 Å². The lowest BCUT2D eigenvalue weighted by Crippen LogP contribution is -1.92. The van der Waals surface area contributed by atoms with Crippen molar-refractivity contribution in [1.29, 1.82) is 0 Å². The maximum Gasteiger partial charge on any atom is 0.237 e. The van der Waals surface area contributed by atoms with E-state index in [0.29, 0.717) is 21.8 Å². The van der Waals surface area contributed by atoms with Gasteiger partial charge < -0.3 is 10.5 Å². The molecule has 2 N–H and O–H groups in total. The molecule has 1 aromatic carbocycles. The number of hydrogen-bond acceptors (Lipinski definition) is 4. The maximum atomic E-state index is 5.67. The van der Waals surface area contributed by atoms with E-state index in [0.717, 1.165) is 0 Å². The topological polar surface area (TPSA) is 61.0 Å². The summed E-state index contributed by atoms with van der Waals surface area (Å²) in [4.78, 5) is 7.74. The molecular formula is C10H7BrClN3O. The molecule has 0 saturated carbocycles. The van der Waals surface area contributed by atoms with Gasteiger partial charge >= 0.3 is 0 Å². The molecule has 1 aromatic heterocycles. The number of nitrogen functional groups attached to an aromatic ring is 1. The third-order valence-corrected chi connectivity index (χ3v) is 2.48. The number of rotatable bonds is 2. The highest BCUT2D eigenvalue weighted by molar-refractivity contribution is 9.10. The van der Waals surface area contributed by atoms with Crippen molar-refractivity contribution in [3.63, 3.8) is 0 Å². The lowest BCUT2D eigenvalue weighted by Gasteiger charge is -2.06. The summed E-state index contributed by atoms with van der Waals surface area (Å²) in [6.45, 7) is 0. The molecule has 0 aliphatic carbocycles. The Labute approximate surface area is 106 Å². The van der Waals surface area contributed by atoms with E-state index in [2.05, 4.69) is 25.9 Å². The van der Waals surface area contributed by atoms with Crippen molar-refractivity contribution in [2.45, 2.75) is 0 Å². The van der Waals surface area contributed by atoms with Crippen LogP contribution in [0.25, 0.3) is 0 Å². The van der Waals surface area contributed by atoms with Crippen molar-refractivity contribution in [3.8, 4) is 11.6 Å². The molecule has 2 rings (SSSR count). The van der Waals surface area contributed by atoms with E-state index in [9.17, 15) is 0 Å². The van der Waals surface area contributed by atoms with E-state index in [1.807, 2.05) is 0 Å². The monoisotopic (exact) mass is 299 g/mol. The van der Waals surface area contributed by atoms with Gasteiger partial charge in [0, 0.05) is 18.0 Å². The Morgan fingerprint density at radius 2 is 2.19 bits per heavy atom. The first-order valence-corrected chi connectivity index (χ1v) is 5.53. The number of anilines is 1. The summed E-state index contributed by atoms with van der Waals surface area (Å²) in [5, 5.41) is 0.127. The normalized spacial score (nSPS) is 10.1. The molecule has 82 valence electrons. The zero-order chi connectivity index (χ0) is 11.5. The van der Waals surface area contributed by atoms with Crippen LogP contribution in [-0.4, -0.2) is 9.97 Å². The Morgan fingerprint density at radius 1 is 1.38 bits per heavy atom. The standard InChI is InChI=1S/C10H7BrClN3O/c11-8-5-14-10(12)15-9(8)16-7-3-1-2-6(13)4-7/h1-5H,13H2. The maximum absolute atomic E-state index is 5.67. The molecule has 0 spiro atoms. The first kappa shape index (κ1) is 11.2. The minimum Gasteiger partial charge on any atom is -0.438 e. The Bertz CT molecular complexity index is 521. The minimum atomic E-state index is 0.127. The van der Waals surface area contributed by atoms with Crippen LogP contribution < -0.4 is 10.5 Å². The first-order chi connectivity index (χ1) is 7.65. The fourth-order valence-electron chi connectivity index (χ4n) is 1.09. The van der Waals surface area contributed by atoms with Gasteiger partial charge in [-0.25, -0.2) is 4.98 Å². The summed E-state index contributed by atoms with van der Waals surface area (Å²) in [6.07, 6.45) is 1.52. The number of aromatic nitrogens is 2. The van der Waals surface area contributed by atoms with Gasteiger partial charge in [-0.3, -0.25) is 0 Å². The average molecular weight is 301 g/mol. The van der Waals surface area contributed by atoms with Crippen LogP contribution in [0, 0.1) is 0 Å². The van der Waals surface area contributed by atoms with E-state index in [1.165, 1.54) is 6.20 Å². The number of ether oxygens (including phenoxy) is 1. The molecule has 0 atom stereocenters. The molecular weight excluding hydrogens is 293 g/mol. The molecule has 0 aliphatic rings.